The molecule has 0 saturated carbocycles. The van der Waals surface area contributed by atoms with Crippen molar-refractivity contribution >= 4 is 10.4 Å². The minimum absolute atomic E-state index is 0.233. The largest absolute Gasteiger partial charge is 0.500 e. The van der Waals surface area contributed by atoms with E-state index in [-0.39, 0.29) is 11.5 Å². The van der Waals surface area contributed by atoms with Gasteiger partial charge in [-0.05, 0) is 48.2 Å². The maximum Gasteiger partial charge on any atom is 0.500 e. The fourth-order valence-corrected chi connectivity index (χ4v) is 4.46. The monoisotopic (exact) mass is 440 g/mol. The second-order valence-electron chi connectivity index (χ2n) is 7.85. The number of nitrogens with zero attached hydrogens (tertiary/aromatic N) is 2. The van der Waals surface area contributed by atoms with Crippen LogP contribution in [0.25, 0.3) is 0 Å². The Balaban J connectivity index is 1.30. The maximum absolute atomic E-state index is 12.3. The van der Waals surface area contributed by atoms with Crippen molar-refractivity contribution in [1.29, 1.82) is 0 Å². The summed E-state index contributed by atoms with van der Waals surface area (Å²) in [6.07, 6.45) is 10.8. The Bertz CT molecular complexity index is 937. The summed E-state index contributed by atoms with van der Waals surface area (Å²) in [5, 5.41) is 0. The van der Waals surface area contributed by atoms with Crippen LogP contribution in [-0.4, -0.2) is 44.4 Å². The smallest absolute Gasteiger partial charge is 0.353 e. The molecule has 164 valence electrons. The van der Waals surface area contributed by atoms with E-state index < -0.39 is 10.4 Å². The van der Waals surface area contributed by atoms with Crippen molar-refractivity contribution in [3.8, 4) is 11.5 Å². The molecule has 7 heteroatoms. The molecule has 0 atom stereocenters. The summed E-state index contributed by atoms with van der Waals surface area (Å²) < 4.78 is 34.8. The molecule has 0 aliphatic carbocycles. The van der Waals surface area contributed by atoms with Crippen molar-refractivity contribution in [2.24, 2.45) is 0 Å². The van der Waals surface area contributed by atoms with E-state index in [2.05, 4.69) is 34.1 Å². The van der Waals surface area contributed by atoms with Crippen LogP contribution in [-0.2, 0) is 23.5 Å². The molecule has 2 aromatic carbocycles. The molecule has 31 heavy (non-hydrogen) atoms. The van der Waals surface area contributed by atoms with Gasteiger partial charge in [-0.15, -0.1) is 8.42 Å². The molecule has 0 aromatic heterocycles. The fourth-order valence-electron chi connectivity index (χ4n) is 3.74. The Morgan fingerprint density at radius 1 is 0.645 bits per heavy atom. The average molecular weight is 441 g/mol. The molecular weight excluding hydrogens is 412 g/mol. The van der Waals surface area contributed by atoms with Gasteiger partial charge < -0.3 is 8.37 Å². The van der Waals surface area contributed by atoms with Crippen LogP contribution >= 0.6 is 0 Å². The summed E-state index contributed by atoms with van der Waals surface area (Å²) in [5.74, 6) is 0.467. The summed E-state index contributed by atoms with van der Waals surface area (Å²) in [6, 6.07) is 14.2. The lowest BCUT2D eigenvalue weighted by Crippen LogP contribution is -2.26. The first kappa shape index (κ1) is 21.6. The zero-order valence-electron chi connectivity index (χ0n) is 17.5. The summed E-state index contributed by atoms with van der Waals surface area (Å²) in [6.45, 7) is 5.60. The van der Waals surface area contributed by atoms with Crippen LogP contribution in [0, 0.1) is 0 Å². The Morgan fingerprint density at radius 2 is 1.06 bits per heavy atom. The van der Waals surface area contributed by atoms with Gasteiger partial charge in [-0.3, -0.25) is 9.80 Å². The van der Waals surface area contributed by atoms with E-state index in [0.717, 1.165) is 63.2 Å². The second kappa shape index (κ2) is 10.1. The highest BCUT2D eigenvalue weighted by Crippen LogP contribution is 2.20. The number of hydrogen-bond donors (Lipinski definition) is 0. The van der Waals surface area contributed by atoms with Gasteiger partial charge in [-0.2, -0.15) is 0 Å². The van der Waals surface area contributed by atoms with Gasteiger partial charge in [0, 0.05) is 39.3 Å². The van der Waals surface area contributed by atoms with Crippen LogP contribution < -0.4 is 8.37 Å². The minimum Gasteiger partial charge on any atom is -0.353 e. The number of hydrogen-bond acceptors (Lipinski definition) is 6. The first-order valence-electron chi connectivity index (χ1n) is 10.6. The third-order valence-corrected chi connectivity index (χ3v) is 6.13. The van der Waals surface area contributed by atoms with Gasteiger partial charge in [0.1, 0.15) is 11.5 Å². The maximum atomic E-state index is 12.3. The summed E-state index contributed by atoms with van der Waals surface area (Å²) in [5.41, 5.74) is 2.22. The van der Waals surface area contributed by atoms with Gasteiger partial charge >= 0.3 is 10.4 Å². The molecule has 0 spiro atoms. The van der Waals surface area contributed by atoms with Crippen molar-refractivity contribution in [3.63, 3.8) is 0 Å². The molecule has 0 fully saturated rings. The Kier molecular flexibility index (Phi) is 7.06. The number of benzene rings is 2. The van der Waals surface area contributed by atoms with E-state index >= 15 is 0 Å². The molecule has 4 rings (SSSR count). The van der Waals surface area contributed by atoms with Crippen LogP contribution in [0.5, 0.6) is 11.5 Å². The van der Waals surface area contributed by atoms with Gasteiger partial charge in [0.15, 0.2) is 0 Å². The van der Waals surface area contributed by atoms with Crippen LogP contribution in [0.2, 0.25) is 0 Å². The van der Waals surface area contributed by atoms with Gasteiger partial charge in [-0.1, -0.05) is 48.6 Å². The minimum atomic E-state index is -4.21. The lowest BCUT2D eigenvalue weighted by Gasteiger charge is -2.23. The molecule has 0 radical (unpaired) electrons. The zero-order valence-corrected chi connectivity index (χ0v) is 18.3. The molecule has 6 nitrogen and oxygen atoms in total. The normalized spacial score (nSPS) is 17.5. The highest BCUT2D eigenvalue weighted by molar-refractivity contribution is 7.82. The van der Waals surface area contributed by atoms with E-state index in [4.69, 9.17) is 8.37 Å². The molecule has 2 aliphatic heterocycles. The van der Waals surface area contributed by atoms with Crippen LogP contribution in [0.3, 0.4) is 0 Å². The van der Waals surface area contributed by atoms with E-state index in [1.807, 2.05) is 24.3 Å². The third kappa shape index (κ3) is 6.69. The van der Waals surface area contributed by atoms with Crippen molar-refractivity contribution in [2.45, 2.75) is 25.9 Å². The van der Waals surface area contributed by atoms with Gasteiger partial charge in [-0.25, -0.2) is 0 Å². The summed E-state index contributed by atoms with van der Waals surface area (Å²) in [4.78, 5) is 4.67. The Hall–Kier alpha value is -2.61. The third-order valence-electron chi connectivity index (χ3n) is 5.34. The SMILES string of the molecule is O=S(=O)(Oc1ccc(CN2CC=CCC2)cc1)Oc1ccc(CN2CC=CCC2)cc1. The molecule has 2 aliphatic rings. The lowest BCUT2D eigenvalue weighted by molar-refractivity contribution is 0.290. The van der Waals surface area contributed by atoms with E-state index in [9.17, 15) is 8.42 Å². The van der Waals surface area contributed by atoms with Crippen molar-refractivity contribution < 1.29 is 16.8 Å². The predicted molar refractivity (Wildman–Crippen MR) is 121 cm³/mol. The molecule has 0 amide bonds. The second-order valence-corrected chi connectivity index (χ2v) is 9.00. The van der Waals surface area contributed by atoms with E-state index in [1.165, 1.54) is 0 Å². The van der Waals surface area contributed by atoms with Gasteiger partial charge in [0.2, 0.25) is 0 Å². The molecule has 0 N–H and O–H groups in total. The van der Waals surface area contributed by atoms with Crippen molar-refractivity contribution in [3.05, 3.63) is 84.0 Å². The van der Waals surface area contributed by atoms with Crippen molar-refractivity contribution in [2.75, 3.05) is 26.2 Å². The Labute approximate surface area is 184 Å². The van der Waals surface area contributed by atoms with E-state index in [1.54, 1.807) is 24.3 Å². The average Bonchev–Trinajstić information content (AvgIpc) is 2.78. The standard InChI is InChI=1S/C24H28N2O4S/c27-31(28,29-23-11-7-21(8-12-23)19-25-15-3-1-4-16-25)30-24-13-9-22(10-14-24)20-26-17-5-2-6-18-26/h1-3,5,7-14H,4,6,15-20H2. The summed E-state index contributed by atoms with van der Waals surface area (Å²) >= 11 is 0. The van der Waals surface area contributed by atoms with Crippen LogP contribution in [0.4, 0.5) is 0 Å². The Morgan fingerprint density at radius 3 is 1.42 bits per heavy atom. The molecule has 0 saturated heterocycles. The van der Waals surface area contributed by atoms with Crippen LogP contribution in [0.1, 0.15) is 24.0 Å². The fraction of sp³-hybridized carbons (Fsp3) is 0.333. The van der Waals surface area contributed by atoms with E-state index in [0.29, 0.717) is 0 Å². The first-order valence-corrected chi connectivity index (χ1v) is 12.0. The first-order chi connectivity index (χ1) is 15.1. The molecule has 2 aromatic rings. The van der Waals surface area contributed by atoms with Crippen LogP contribution in [0.15, 0.2) is 72.8 Å². The lowest BCUT2D eigenvalue weighted by atomic mass is 10.2. The molecule has 0 unspecified atom stereocenters. The zero-order chi connectivity index (χ0) is 21.5. The van der Waals surface area contributed by atoms with Crippen molar-refractivity contribution in [1.82, 2.24) is 9.80 Å². The number of rotatable bonds is 8. The highest BCUT2D eigenvalue weighted by atomic mass is 32.3. The highest BCUT2D eigenvalue weighted by Gasteiger charge is 2.16. The molecule has 2 heterocycles. The molecule has 0 bridgehead atoms. The van der Waals surface area contributed by atoms with Gasteiger partial charge in [0.05, 0.1) is 0 Å². The summed E-state index contributed by atoms with van der Waals surface area (Å²) in [7, 11) is -4.21. The van der Waals surface area contributed by atoms with Gasteiger partial charge in [0.25, 0.3) is 0 Å². The molecular formula is C24H28N2O4S. The topological polar surface area (TPSA) is 59.1 Å². The quantitative estimate of drug-likeness (QED) is 0.580. The predicted octanol–water partition coefficient (Wildman–Crippen LogP) is 3.91.